The zero-order chi connectivity index (χ0) is 11.2. The lowest BCUT2D eigenvalue weighted by molar-refractivity contribution is 0.0353. The second-order valence-corrected chi connectivity index (χ2v) is 5.89. The van der Waals surface area contributed by atoms with Crippen LogP contribution in [0.2, 0.25) is 0 Å². The van der Waals surface area contributed by atoms with Crippen LogP contribution in [-0.4, -0.2) is 12.2 Å². The number of hydrogen-bond acceptors (Lipinski definition) is 1. The second-order valence-electron chi connectivity index (χ2n) is 5.89. The van der Waals surface area contributed by atoms with Crippen molar-refractivity contribution >= 4 is 0 Å². The lowest BCUT2D eigenvalue weighted by Gasteiger charge is -2.19. The van der Waals surface area contributed by atoms with Crippen molar-refractivity contribution < 1.29 is 4.74 Å². The SMILES string of the molecule is CC1CC2CCCCCCCCCCC2O1. The maximum Gasteiger partial charge on any atom is 0.0607 e. The van der Waals surface area contributed by atoms with Crippen molar-refractivity contribution in [2.75, 3.05) is 0 Å². The fraction of sp³-hybridized carbons (Fsp3) is 1.00. The highest BCUT2D eigenvalue weighted by Gasteiger charge is 2.31. The van der Waals surface area contributed by atoms with Crippen LogP contribution in [-0.2, 0) is 4.74 Å². The van der Waals surface area contributed by atoms with Crippen molar-refractivity contribution in [2.24, 2.45) is 5.92 Å². The molecule has 94 valence electrons. The van der Waals surface area contributed by atoms with E-state index in [0.29, 0.717) is 12.2 Å². The molecule has 0 radical (unpaired) electrons. The van der Waals surface area contributed by atoms with E-state index in [1.165, 1.54) is 70.6 Å². The summed E-state index contributed by atoms with van der Waals surface area (Å²) in [6, 6.07) is 0. The molecule has 1 saturated heterocycles. The number of hydrogen-bond donors (Lipinski definition) is 0. The largest absolute Gasteiger partial charge is 0.375 e. The Bertz CT molecular complexity index is 170. The van der Waals surface area contributed by atoms with E-state index in [1.54, 1.807) is 0 Å². The molecular weight excluding hydrogens is 196 g/mol. The van der Waals surface area contributed by atoms with E-state index in [9.17, 15) is 0 Å². The first-order valence-electron chi connectivity index (χ1n) is 7.52. The standard InChI is InChI=1S/C15H28O/c1-13-12-14-10-8-6-4-2-3-5-7-9-11-15(14)16-13/h13-15H,2-12H2,1H3. The zero-order valence-corrected chi connectivity index (χ0v) is 10.9. The Morgan fingerprint density at radius 3 is 2.00 bits per heavy atom. The van der Waals surface area contributed by atoms with Gasteiger partial charge in [0.2, 0.25) is 0 Å². The first kappa shape index (κ1) is 12.4. The van der Waals surface area contributed by atoms with E-state index in [2.05, 4.69) is 6.92 Å². The molecule has 0 amide bonds. The van der Waals surface area contributed by atoms with E-state index in [0.717, 1.165) is 5.92 Å². The van der Waals surface area contributed by atoms with Crippen molar-refractivity contribution in [1.29, 1.82) is 0 Å². The van der Waals surface area contributed by atoms with Gasteiger partial charge in [-0.05, 0) is 32.1 Å². The summed E-state index contributed by atoms with van der Waals surface area (Å²) in [5, 5.41) is 0. The molecule has 0 aromatic heterocycles. The summed E-state index contributed by atoms with van der Waals surface area (Å²) >= 11 is 0. The second kappa shape index (κ2) is 6.64. The van der Waals surface area contributed by atoms with Crippen molar-refractivity contribution in [2.45, 2.75) is 89.8 Å². The highest BCUT2D eigenvalue weighted by atomic mass is 16.5. The Kier molecular flexibility index (Phi) is 5.15. The van der Waals surface area contributed by atoms with Crippen LogP contribution in [0.3, 0.4) is 0 Å². The molecule has 2 rings (SSSR count). The van der Waals surface area contributed by atoms with E-state index in [-0.39, 0.29) is 0 Å². The topological polar surface area (TPSA) is 9.23 Å². The Morgan fingerprint density at radius 1 is 0.750 bits per heavy atom. The fourth-order valence-corrected chi connectivity index (χ4v) is 3.46. The average molecular weight is 224 g/mol. The summed E-state index contributed by atoms with van der Waals surface area (Å²) in [6.07, 6.45) is 16.8. The predicted octanol–water partition coefficient (Wildman–Crippen LogP) is 4.69. The molecule has 1 saturated carbocycles. The molecule has 2 aliphatic rings. The minimum Gasteiger partial charge on any atom is -0.375 e. The maximum atomic E-state index is 6.07. The first-order chi connectivity index (χ1) is 7.86. The number of rotatable bonds is 0. The summed E-state index contributed by atoms with van der Waals surface area (Å²) in [5.74, 6) is 0.884. The van der Waals surface area contributed by atoms with Crippen LogP contribution >= 0.6 is 0 Å². The third-order valence-electron chi connectivity index (χ3n) is 4.38. The Labute approximate surface area is 101 Å². The quantitative estimate of drug-likeness (QED) is 0.580. The van der Waals surface area contributed by atoms with Gasteiger partial charge in [0, 0.05) is 0 Å². The van der Waals surface area contributed by atoms with Crippen LogP contribution in [0, 0.1) is 5.92 Å². The van der Waals surface area contributed by atoms with Gasteiger partial charge in [0.05, 0.1) is 12.2 Å². The minimum atomic E-state index is 0.528. The first-order valence-corrected chi connectivity index (χ1v) is 7.52. The molecule has 1 nitrogen and oxygen atoms in total. The molecule has 2 fully saturated rings. The third kappa shape index (κ3) is 3.76. The summed E-state index contributed by atoms with van der Waals surface area (Å²) in [6.45, 7) is 2.26. The average Bonchev–Trinajstić information content (AvgIpc) is 2.59. The van der Waals surface area contributed by atoms with E-state index < -0.39 is 0 Å². The fourth-order valence-electron chi connectivity index (χ4n) is 3.46. The molecular formula is C15H28O. The van der Waals surface area contributed by atoms with Crippen molar-refractivity contribution in [3.05, 3.63) is 0 Å². The molecule has 0 aromatic carbocycles. The van der Waals surface area contributed by atoms with Crippen LogP contribution in [0.25, 0.3) is 0 Å². The summed E-state index contributed by atoms with van der Waals surface area (Å²) in [7, 11) is 0. The van der Waals surface area contributed by atoms with Gasteiger partial charge in [0.15, 0.2) is 0 Å². The maximum absolute atomic E-state index is 6.07. The molecule has 1 aliphatic carbocycles. The van der Waals surface area contributed by atoms with Gasteiger partial charge in [-0.1, -0.05) is 51.4 Å². The van der Waals surface area contributed by atoms with Crippen LogP contribution in [0.15, 0.2) is 0 Å². The highest BCUT2D eigenvalue weighted by Crippen LogP contribution is 2.34. The number of fused-ring (bicyclic) bond motifs is 1. The van der Waals surface area contributed by atoms with Gasteiger partial charge in [-0.15, -0.1) is 0 Å². The molecule has 0 bridgehead atoms. The lowest BCUT2D eigenvalue weighted by atomic mass is 9.89. The van der Waals surface area contributed by atoms with E-state index in [4.69, 9.17) is 4.74 Å². The van der Waals surface area contributed by atoms with Gasteiger partial charge in [0.1, 0.15) is 0 Å². The Morgan fingerprint density at radius 2 is 1.31 bits per heavy atom. The summed E-state index contributed by atoms with van der Waals surface area (Å²) in [5.41, 5.74) is 0. The smallest absolute Gasteiger partial charge is 0.0607 e. The van der Waals surface area contributed by atoms with Crippen molar-refractivity contribution in [3.8, 4) is 0 Å². The summed E-state index contributed by atoms with van der Waals surface area (Å²) in [4.78, 5) is 0. The Hall–Kier alpha value is -0.0400. The molecule has 1 heteroatoms. The van der Waals surface area contributed by atoms with Gasteiger partial charge in [-0.3, -0.25) is 0 Å². The van der Waals surface area contributed by atoms with E-state index in [1.807, 2.05) is 0 Å². The molecule has 0 spiro atoms. The zero-order valence-electron chi connectivity index (χ0n) is 10.9. The van der Waals surface area contributed by atoms with Crippen molar-refractivity contribution in [3.63, 3.8) is 0 Å². The molecule has 16 heavy (non-hydrogen) atoms. The lowest BCUT2D eigenvalue weighted by Crippen LogP contribution is -2.16. The van der Waals surface area contributed by atoms with Crippen LogP contribution in [0.5, 0.6) is 0 Å². The molecule has 3 unspecified atom stereocenters. The van der Waals surface area contributed by atoms with Crippen LogP contribution < -0.4 is 0 Å². The van der Waals surface area contributed by atoms with E-state index >= 15 is 0 Å². The highest BCUT2D eigenvalue weighted by molar-refractivity contribution is 4.80. The van der Waals surface area contributed by atoms with Gasteiger partial charge in [0.25, 0.3) is 0 Å². The minimum absolute atomic E-state index is 0.528. The van der Waals surface area contributed by atoms with Gasteiger partial charge >= 0.3 is 0 Å². The molecule has 3 atom stereocenters. The molecule has 0 aromatic rings. The molecule has 1 aliphatic heterocycles. The normalized spacial score (nSPS) is 38.4. The monoisotopic (exact) mass is 224 g/mol. The van der Waals surface area contributed by atoms with Crippen LogP contribution in [0.4, 0.5) is 0 Å². The molecule has 1 heterocycles. The van der Waals surface area contributed by atoms with Gasteiger partial charge < -0.3 is 4.74 Å². The summed E-state index contributed by atoms with van der Waals surface area (Å²) < 4.78 is 6.07. The van der Waals surface area contributed by atoms with Gasteiger partial charge in [-0.2, -0.15) is 0 Å². The predicted molar refractivity (Wildman–Crippen MR) is 68.6 cm³/mol. The van der Waals surface area contributed by atoms with Crippen molar-refractivity contribution in [1.82, 2.24) is 0 Å². The Balaban J connectivity index is 1.81. The number of ether oxygens (including phenoxy) is 1. The van der Waals surface area contributed by atoms with Gasteiger partial charge in [-0.25, -0.2) is 0 Å². The van der Waals surface area contributed by atoms with Crippen LogP contribution in [0.1, 0.15) is 77.6 Å². The molecule has 0 N–H and O–H groups in total. The third-order valence-corrected chi connectivity index (χ3v) is 4.38.